The van der Waals surface area contributed by atoms with Crippen molar-refractivity contribution in [1.29, 1.82) is 0 Å². The summed E-state index contributed by atoms with van der Waals surface area (Å²) >= 11 is 0. The van der Waals surface area contributed by atoms with E-state index in [-0.39, 0.29) is 5.91 Å². The first-order chi connectivity index (χ1) is 11.8. The zero-order chi connectivity index (χ0) is 16.8. The fourth-order valence-corrected chi connectivity index (χ4v) is 3.03. The Balaban J connectivity index is 1.90. The van der Waals surface area contributed by atoms with Crippen molar-refractivity contribution in [2.75, 3.05) is 6.61 Å². The highest BCUT2D eigenvalue weighted by atomic mass is 16.5. The molecule has 2 aromatic rings. The van der Waals surface area contributed by atoms with Crippen LogP contribution in [0.25, 0.3) is 0 Å². The Bertz CT molecular complexity index is 726. The number of nitrogens with one attached hydrogen (secondary N) is 1. The number of ether oxygens (including phenoxy) is 1. The van der Waals surface area contributed by atoms with Gasteiger partial charge in [0.05, 0.1) is 12.6 Å². The minimum atomic E-state index is -0.534. The van der Waals surface area contributed by atoms with E-state index in [0.29, 0.717) is 25.2 Å². The summed E-state index contributed by atoms with van der Waals surface area (Å²) < 4.78 is 5.74. The van der Waals surface area contributed by atoms with Gasteiger partial charge in [0.1, 0.15) is 6.29 Å². The Morgan fingerprint density at radius 2 is 1.71 bits per heavy atom. The van der Waals surface area contributed by atoms with Crippen molar-refractivity contribution in [3.63, 3.8) is 0 Å². The first kappa shape index (κ1) is 16.4. The number of hydrogen-bond donors (Lipinski definition) is 1. The van der Waals surface area contributed by atoms with E-state index in [0.717, 1.165) is 30.3 Å². The Labute approximate surface area is 141 Å². The fourth-order valence-electron chi connectivity index (χ4n) is 3.03. The molecular weight excluding hydrogens is 302 g/mol. The number of aldehydes is 1. The molecule has 0 fully saturated rings. The van der Waals surface area contributed by atoms with Crippen molar-refractivity contribution in [2.24, 2.45) is 0 Å². The predicted octanol–water partition coefficient (Wildman–Crippen LogP) is 2.69. The van der Waals surface area contributed by atoms with Gasteiger partial charge >= 0.3 is 0 Å². The zero-order valence-electron chi connectivity index (χ0n) is 13.5. The molecule has 1 heterocycles. The second kappa shape index (κ2) is 7.88. The zero-order valence-corrected chi connectivity index (χ0v) is 13.5. The van der Waals surface area contributed by atoms with E-state index in [1.807, 2.05) is 36.4 Å². The lowest BCUT2D eigenvalue weighted by molar-refractivity contribution is -0.109. The number of fused-ring (bicyclic) bond motifs is 2. The molecular formula is C20H21NO3. The number of carbonyl (C=O) groups excluding carboxylic acids is 2. The van der Waals surface area contributed by atoms with Crippen molar-refractivity contribution in [2.45, 2.75) is 31.9 Å². The fraction of sp³-hybridized carbons (Fsp3) is 0.300. The third kappa shape index (κ3) is 3.89. The summed E-state index contributed by atoms with van der Waals surface area (Å²) in [5.41, 5.74) is 3.72. The summed E-state index contributed by atoms with van der Waals surface area (Å²) in [6, 6.07) is 14.9. The highest BCUT2D eigenvalue weighted by Crippen LogP contribution is 2.16. The molecule has 124 valence electrons. The molecule has 3 rings (SSSR count). The molecule has 0 saturated carbocycles. The van der Waals surface area contributed by atoms with Gasteiger partial charge < -0.3 is 14.8 Å². The highest BCUT2D eigenvalue weighted by Gasteiger charge is 2.18. The van der Waals surface area contributed by atoms with Gasteiger partial charge in [-0.2, -0.15) is 0 Å². The van der Waals surface area contributed by atoms with Gasteiger partial charge in [-0.3, -0.25) is 4.79 Å². The smallest absolute Gasteiger partial charge is 0.252 e. The molecule has 1 atom stereocenters. The maximum atomic E-state index is 12.6. The van der Waals surface area contributed by atoms with Crippen LogP contribution < -0.4 is 5.32 Å². The van der Waals surface area contributed by atoms with Crippen LogP contribution in [0, 0.1) is 0 Å². The second-order valence-electron chi connectivity index (χ2n) is 6.00. The summed E-state index contributed by atoms with van der Waals surface area (Å²) in [5, 5.41) is 2.84. The number of hydrogen-bond acceptors (Lipinski definition) is 3. The highest BCUT2D eigenvalue weighted by molar-refractivity contribution is 5.97. The topological polar surface area (TPSA) is 55.4 Å². The van der Waals surface area contributed by atoms with Crippen LogP contribution in [0.15, 0.2) is 48.5 Å². The Hall–Kier alpha value is -2.46. The van der Waals surface area contributed by atoms with Gasteiger partial charge in [-0.05, 0) is 42.0 Å². The molecule has 4 heteroatoms. The molecule has 0 saturated heterocycles. The van der Waals surface area contributed by atoms with Gasteiger partial charge in [-0.25, -0.2) is 0 Å². The first-order valence-corrected chi connectivity index (χ1v) is 8.26. The molecule has 1 aliphatic rings. The minimum Gasteiger partial charge on any atom is -0.377 e. The van der Waals surface area contributed by atoms with Crippen molar-refractivity contribution < 1.29 is 14.3 Å². The van der Waals surface area contributed by atoms with Crippen molar-refractivity contribution in [1.82, 2.24) is 5.32 Å². The van der Waals surface area contributed by atoms with Crippen LogP contribution in [0.2, 0.25) is 0 Å². The molecule has 0 spiro atoms. The summed E-state index contributed by atoms with van der Waals surface area (Å²) in [6.07, 6.45) is 3.13. The largest absolute Gasteiger partial charge is 0.377 e. The molecule has 0 radical (unpaired) electrons. The third-order valence-electron chi connectivity index (χ3n) is 4.29. The molecule has 4 nitrogen and oxygen atoms in total. The molecule has 1 amide bonds. The van der Waals surface area contributed by atoms with Gasteiger partial charge in [-0.1, -0.05) is 42.5 Å². The van der Waals surface area contributed by atoms with Crippen LogP contribution >= 0.6 is 0 Å². The Morgan fingerprint density at radius 1 is 1.00 bits per heavy atom. The van der Waals surface area contributed by atoms with E-state index < -0.39 is 6.04 Å². The van der Waals surface area contributed by atoms with Crippen molar-refractivity contribution in [3.8, 4) is 0 Å². The maximum absolute atomic E-state index is 12.6. The number of benzene rings is 2. The van der Waals surface area contributed by atoms with Crippen molar-refractivity contribution >= 4 is 12.2 Å². The molecule has 0 bridgehead atoms. The van der Waals surface area contributed by atoms with Gasteiger partial charge in [0.2, 0.25) is 0 Å². The van der Waals surface area contributed by atoms with E-state index in [4.69, 9.17) is 4.74 Å². The van der Waals surface area contributed by atoms with Gasteiger partial charge in [0.15, 0.2) is 0 Å². The van der Waals surface area contributed by atoms with Crippen LogP contribution in [-0.4, -0.2) is 24.8 Å². The van der Waals surface area contributed by atoms with Gasteiger partial charge in [0.25, 0.3) is 5.91 Å². The van der Waals surface area contributed by atoms with Crippen LogP contribution in [0.3, 0.4) is 0 Å². The number of carbonyl (C=O) groups is 2. The molecule has 2 aromatic carbocycles. The minimum absolute atomic E-state index is 0.233. The maximum Gasteiger partial charge on any atom is 0.252 e. The standard InChI is InChI=1S/C20H21NO3/c22-13-18-12-16-7-2-1-6-15(16)9-5-11-24-14-17-8-3-4-10-19(17)20(23)21-18/h1-4,6-8,10,13,18H,5,9,11-12,14H2,(H,21,23)/t18-/m0/s1. The van der Waals surface area contributed by atoms with Crippen LogP contribution in [0.4, 0.5) is 0 Å². The van der Waals surface area contributed by atoms with E-state index in [1.165, 1.54) is 5.56 Å². The quantitative estimate of drug-likeness (QED) is 0.821. The van der Waals surface area contributed by atoms with Crippen LogP contribution in [-0.2, 0) is 29.0 Å². The molecule has 1 N–H and O–H groups in total. The van der Waals surface area contributed by atoms with E-state index in [9.17, 15) is 9.59 Å². The second-order valence-corrected chi connectivity index (χ2v) is 6.00. The molecule has 0 aliphatic carbocycles. The average molecular weight is 323 g/mol. The monoisotopic (exact) mass is 323 g/mol. The summed E-state index contributed by atoms with van der Waals surface area (Å²) in [7, 11) is 0. The molecule has 1 aliphatic heterocycles. The Kier molecular flexibility index (Phi) is 5.39. The van der Waals surface area contributed by atoms with E-state index in [2.05, 4.69) is 11.4 Å². The number of amides is 1. The first-order valence-electron chi connectivity index (χ1n) is 8.26. The molecule has 0 unspecified atom stereocenters. The molecule has 24 heavy (non-hydrogen) atoms. The Morgan fingerprint density at radius 3 is 2.50 bits per heavy atom. The third-order valence-corrected chi connectivity index (χ3v) is 4.29. The van der Waals surface area contributed by atoms with E-state index in [1.54, 1.807) is 6.07 Å². The normalized spacial score (nSPS) is 18.8. The lowest BCUT2D eigenvalue weighted by Crippen LogP contribution is -2.38. The van der Waals surface area contributed by atoms with Crippen LogP contribution in [0.5, 0.6) is 0 Å². The summed E-state index contributed by atoms with van der Waals surface area (Å²) in [5.74, 6) is -0.233. The van der Waals surface area contributed by atoms with Crippen molar-refractivity contribution in [3.05, 3.63) is 70.8 Å². The number of rotatable bonds is 1. The number of aryl methyl sites for hydroxylation is 1. The van der Waals surface area contributed by atoms with E-state index >= 15 is 0 Å². The molecule has 0 aromatic heterocycles. The van der Waals surface area contributed by atoms with Gasteiger partial charge in [-0.15, -0.1) is 0 Å². The predicted molar refractivity (Wildman–Crippen MR) is 91.9 cm³/mol. The average Bonchev–Trinajstić information content (AvgIpc) is 2.62. The summed E-state index contributed by atoms with van der Waals surface area (Å²) in [6.45, 7) is 1.04. The lowest BCUT2D eigenvalue weighted by Gasteiger charge is -2.16. The van der Waals surface area contributed by atoms with Crippen LogP contribution in [0.1, 0.15) is 33.5 Å². The lowest BCUT2D eigenvalue weighted by atomic mass is 9.97. The SMILES string of the molecule is O=C[C@@H]1Cc2ccccc2CCCOCc2ccccc2C(=O)N1. The summed E-state index contributed by atoms with van der Waals surface area (Å²) in [4.78, 5) is 24.0. The van der Waals surface area contributed by atoms with Gasteiger partial charge in [0, 0.05) is 12.2 Å².